The molecule has 0 aliphatic heterocycles. The molecule has 0 aliphatic rings. The predicted molar refractivity (Wildman–Crippen MR) is 67.3 cm³/mol. The molecule has 0 unspecified atom stereocenters. The second-order valence-corrected chi connectivity index (χ2v) is 3.87. The zero-order valence-corrected chi connectivity index (χ0v) is 10.1. The van der Waals surface area contributed by atoms with Gasteiger partial charge in [-0.05, 0) is 25.0 Å². The number of aryl methyl sites for hydroxylation is 2. The van der Waals surface area contributed by atoms with E-state index in [1.54, 1.807) is 12.4 Å². The topological polar surface area (TPSA) is 64.7 Å². The Kier molecular flexibility index (Phi) is 3.44. The van der Waals surface area contributed by atoms with Crippen molar-refractivity contribution in [2.75, 3.05) is 0 Å². The minimum Gasteiger partial charge on any atom is -0.326 e. The van der Waals surface area contributed by atoms with Crippen molar-refractivity contribution in [1.82, 2.24) is 15.0 Å². The van der Waals surface area contributed by atoms with Crippen molar-refractivity contribution in [1.29, 1.82) is 0 Å². The number of hydrogen-bond donors (Lipinski definition) is 1. The molecule has 4 nitrogen and oxygen atoms in total. The molecule has 88 valence electrons. The lowest BCUT2D eigenvalue weighted by molar-refractivity contribution is 0.962. The van der Waals surface area contributed by atoms with E-state index in [4.69, 9.17) is 5.73 Å². The Hall–Kier alpha value is -1.81. The van der Waals surface area contributed by atoms with Gasteiger partial charge in [0.05, 0.1) is 0 Å². The van der Waals surface area contributed by atoms with E-state index in [0.29, 0.717) is 12.4 Å². The lowest BCUT2D eigenvalue weighted by Gasteiger charge is -2.07. The molecule has 0 amide bonds. The SMILES string of the molecule is CCc1cccnc1-c1ncc(CN)c(C)n1. The molecule has 0 aromatic carbocycles. The molecule has 17 heavy (non-hydrogen) atoms. The average Bonchev–Trinajstić information content (AvgIpc) is 2.38. The quantitative estimate of drug-likeness (QED) is 0.871. The summed E-state index contributed by atoms with van der Waals surface area (Å²) in [4.78, 5) is 13.2. The highest BCUT2D eigenvalue weighted by molar-refractivity contribution is 5.54. The summed E-state index contributed by atoms with van der Waals surface area (Å²) in [7, 11) is 0. The Bertz CT molecular complexity index is 523. The Morgan fingerprint density at radius 3 is 2.71 bits per heavy atom. The monoisotopic (exact) mass is 228 g/mol. The van der Waals surface area contributed by atoms with E-state index in [2.05, 4.69) is 27.9 Å². The molecule has 4 heteroatoms. The Labute approximate surface area is 101 Å². The fourth-order valence-corrected chi connectivity index (χ4v) is 1.73. The molecule has 0 fully saturated rings. The number of rotatable bonds is 3. The maximum absolute atomic E-state index is 5.60. The van der Waals surface area contributed by atoms with Crippen LogP contribution in [-0.2, 0) is 13.0 Å². The van der Waals surface area contributed by atoms with Crippen LogP contribution < -0.4 is 5.73 Å². The highest BCUT2D eigenvalue weighted by atomic mass is 14.9. The van der Waals surface area contributed by atoms with Crippen LogP contribution in [-0.4, -0.2) is 15.0 Å². The van der Waals surface area contributed by atoms with Gasteiger partial charge in [-0.15, -0.1) is 0 Å². The van der Waals surface area contributed by atoms with Gasteiger partial charge in [0, 0.05) is 30.2 Å². The molecule has 2 N–H and O–H groups in total. The molecular weight excluding hydrogens is 212 g/mol. The van der Waals surface area contributed by atoms with E-state index in [1.165, 1.54) is 0 Å². The summed E-state index contributed by atoms with van der Waals surface area (Å²) in [6, 6.07) is 3.99. The molecule has 0 saturated heterocycles. The van der Waals surface area contributed by atoms with Crippen molar-refractivity contribution in [2.45, 2.75) is 26.8 Å². The van der Waals surface area contributed by atoms with Gasteiger partial charge in [-0.3, -0.25) is 4.98 Å². The summed E-state index contributed by atoms with van der Waals surface area (Å²) in [6.45, 7) is 4.51. The van der Waals surface area contributed by atoms with Crippen molar-refractivity contribution in [3.05, 3.63) is 41.3 Å². The molecule has 2 aromatic heterocycles. The van der Waals surface area contributed by atoms with Crippen molar-refractivity contribution >= 4 is 0 Å². The highest BCUT2D eigenvalue weighted by Crippen LogP contribution is 2.18. The number of aromatic nitrogens is 3. The molecule has 2 heterocycles. The van der Waals surface area contributed by atoms with E-state index in [0.717, 1.165) is 28.9 Å². The van der Waals surface area contributed by atoms with Gasteiger partial charge in [-0.2, -0.15) is 0 Å². The van der Waals surface area contributed by atoms with Crippen LogP contribution in [0.5, 0.6) is 0 Å². The lowest BCUT2D eigenvalue weighted by atomic mass is 10.1. The van der Waals surface area contributed by atoms with Crippen LogP contribution in [0, 0.1) is 6.92 Å². The normalized spacial score (nSPS) is 10.5. The van der Waals surface area contributed by atoms with Crippen LogP contribution in [0.3, 0.4) is 0 Å². The summed E-state index contributed by atoms with van der Waals surface area (Å²) >= 11 is 0. The molecule has 0 spiro atoms. The summed E-state index contributed by atoms with van der Waals surface area (Å²) < 4.78 is 0. The van der Waals surface area contributed by atoms with Gasteiger partial charge < -0.3 is 5.73 Å². The molecule has 0 radical (unpaired) electrons. The van der Waals surface area contributed by atoms with Gasteiger partial charge in [-0.1, -0.05) is 13.0 Å². The molecular formula is C13H16N4. The largest absolute Gasteiger partial charge is 0.326 e. The molecule has 0 atom stereocenters. The van der Waals surface area contributed by atoms with Gasteiger partial charge in [0.15, 0.2) is 5.82 Å². The molecule has 0 saturated carbocycles. The van der Waals surface area contributed by atoms with Crippen molar-refractivity contribution in [2.24, 2.45) is 5.73 Å². The maximum atomic E-state index is 5.60. The van der Waals surface area contributed by atoms with E-state index in [1.807, 2.05) is 13.0 Å². The second kappa shape index (κ2) is 5.01. The van der Waals surface area contributed by atoms with E-state index in [-0.39, 0.29) is 0 Å². The fourth-order valence-electron chi connectivity index (χ4n) is 1.73. The molecule has 2 rings (SSSR count). The van der Waals surface area contributed by atoms with Gasteiger partial charge in [-0.25, -0.2) is 9.97 Å². The number of pyridine rings is 1. The zero-order valence-electron chi connectivity index (χ0n) is 10.1. The van der Waals surface area contributed by atoms with Crippen LogP contribution >= 0.6 is 0 Å². The van der Waals surface area contributed by atoms with Crippen LogP contribution in [0.15, 0.2) is 24.5 Å². The zero-order chi connectivity index (χ0) is 12.3. The minimum absolute atomic E-state index is 0.467. The van der Waals surface area contributed by atoms with Crippen molar-refractivity contribution in [3.8, 4) is 11.5 Å². The van der Waals surface area contributed by atoms with E-state index < -0.39 is 0 Å². The number of nitrogens with two attached hydrogens (primary N) is 1. The predicted octanol–water partition coefficient (Wildman–Crippen LogP) is 1.87. The van der Waals surface area contributed by atoms with Crippen LogP contribution in [0.25, 0.3) is 11.5 Å². The first-order chi connectivity index (χ1) is 8.26. The smallest absolute Gasteiger partial charge is 0.178 e. The summed E-state index contributed by atoms with van der Waals surface area (Å²) in [5.74, 6) is 0.678. The number of nitrogens with zero attached hydrogens (tertiary/aromatic N) is 3. The van der Waals surface area contributed by atoms with Gasteiger partial charge in [0.25, 0.3) is 0 Å². The Morgan fingerprint density at radius 2 is 2.06 bits per heavy atom. The standard InChI is InChI=1S/C13H16N4/c1-3-10-5-4-6-15-12(10)13-16-8-11(7-14)9(2)17-13/h4-6,8H,3,7,14H2,1-2H3. The fraction of sp³-hybridized carbons (Fsp3) is 0.308. The van der Waals surface area contributed by atoms with E-state index in [9.17, 15) is 0 Å². The van der Waals surface area contributed by atoms with Crippen LogP contribution in [0.2, 0.25) is 0 Å². The van der Waals surface area contributed by atoms with Gasteiger partial charge in [0.2, 0.25) is 0 Å². The lowest BCUT2D eigenvalue weighted by Crippen LogP contribution is -2.04. The summed E-state index contributed by atoms with van der Waals surface area (Å²) in [5.41, 5.74) is 9.52. The third-order valence-corrected chi connectivity index (χ3v) is 2.78. The Morgan fingerprint density at radius 1 is 1.24 bits per heavy atom. The first kappa shape index (κ1) is 11.7. The first-order valence-corrected chi connectivity index (χ1v) is 5.73. The van der Waals surface area contributed by atoms with Crippen LogP contribution in [0.1, 0.15) is 23.7 Å². The number of hydrogen-bond acceptors (Lipinski definition) is 4. The van der Waals surface area contributed by atoms with E-state index >= 15 is 0 Å². The van der Waals surface area contributed by atoms with Gasteiger partial charge >= 0.3 is 0 Å². The third-order valence-electron chi connectivity index (χ3n) is 2.78. The Balaban J connectivity index is 2.49. The molecule has 2 aromatic rings. The third kappa shape index (κ3) is 2.31. The minimum atomic E-state index is 0.467. The van der Waals surface area contributed by atoms with Crippen molar-refractivity contribution in [3.63, 3.8) is 0 Å². The summed E-state index contributed by atoms with van der Waals surface area (Å²) in [5, 5.41) is 0. The van der Waals surface area contributed by atoms with Crippen molar-refractivity contribution < 1.29 is 0 Å². The second-order valence-electron chi connectivity index (χ2n) is 3.87. The average molecular weight is 228 g/mol. The highest BCUT2D eigenvalue weighted by Gasteiger charge is 2.09. The van der Waals surface area contributed by atoms with Gasteiger partial charge in [0.1, 0.15) is 5.69 Å². The molecule has 0 bridgehead atoms. The summed E-state index contributed by atoms with van der Waals surface area (Å²) in [6.07, 6.45) is 4.47. The van der Waals surface area contributed by atoms with Crippen LogP contribution in [0.4, 0.5) is 0 Å². The first-order valence-electron chi connectivity index (χ1n) is 5.73. The maximum Gasteiger partial charge on any atom is 0.178 e. The molecule has 0 aliphatic carbocycles.